The third-order valence-electron chi connectivity index (χ3n) is 2.65. The maximum Gasteiger partial charge on any atom is 0.267 e. The summed E-state index contributed by atoms with van der Waals surface area (Å²) < 4.78 is 26.6. The van der Waals surface area contributed by atoms with E-state index in [1.165, 1.54) is 23.7 Å². The maximum atomic E-state index is 12.2. The Balaban J connectivity index is 2.43. The van der Waals surface area contributed by atoms with Crippen LogP contribution in [-0.4, -0.2) is 25.7 Å². The van der Waals surface area contributed by atoms with Crippen molar-refractivity contribution in [2.45, 2.75) is 11.8 Å². The minimum absolute atomic E-state index is 0.140. The first-order chi connectivity index (χ1) is 8.43. The lowest BCUT2D eigenvalue weighted by Crippen LogP contribution is -2.26. The number of anilines is 1. The Morgan fingerprint density at radius 3 is 2.67 bits per heavy atom. The van der Waals surface area contributed by atoms with Crippen LogP contribution in [0, 0.1) is 6.92 Å². The van der Waals surface area contributed by atoms with E-state index in [4.69, 9.17) is 0 Å². The van der Waals surface area contributed by atoms with Gasteiger partial charge in [-0.25, -0.2) is 8.42 Å². The number of nitrogens with one attached hydrogen (secondary N) is 1. The SMILES string of the molecule is Cc1ccc(N(C)S(=O)(=O)c2cn[nH]c2)cc1Br. The summed E-state index contributed by atoms with van der Waals surface area (Å²) in [5.41, 5.74) is 1.64. The fourth-order valence-corrected chi connectivity index (χ4v) is 2.92. The van der Waals surface area contributed by atoms with E-state index in [9.17, 15) is 8.42 Å². The summed E-state index contributed by atoms with van der Waals surface area (Å²) >= 11 is 3.39. The molecular formula is C11H12BrN3O2S. The highest BCUT2D eigenvalue weighted by molar-refractivity contribution is 9.10. The molecule has 18 heavy (non-hydrogen) atoms. The second-order valence-corrected chi connectivity index (χ2v) is 6.66. The lowest BCUT2D eigenvalue weighted by atomic mass is 10.2. The molecule has 2 aromatic rings. The van der Waals surface area contributed by atoms with Crippen molar-refractivity contribution in [1.29, 1.82) is 0 Å². The molecular weight excluding hydrogens is 318 g/mol. The van der Waals surface area contributed by atoms with Crippen molar-refractivity contribution in [3.8, 4) is 0 Å². The summed E-state index contributed by atoms with van der Waals surface area (Å²) in [5, 5.41) is 6.15. The van der Waals surface area contributed by atoms with Gasteiger partial charge in [0.1, 0.15) is 4.90 Å². The number of rotatable bonds is 3. The molecule has 5 nitrogen and oxygen atoms in total. The molecule has 0 bridgehead atoms. The molecule has 0 saturated heterocycles. The van der Waals surface area contributed by atoms with Crippen LogP contribution in [0.5, 0.6) is 0 Å². The van der Waals surface area contributed by atoms with Gasteiger partial charge in [-0.15, -0.1) is 0 Å². The first-order valence-electron chi connectivity index (χ1n) is 5.17. The van der Waals surface area contributed by atoms with Crippen LogP contribution in [0.3, 0.4) is 0 Å². The summed E-state index contributed by atoms with van der Waals surface area (Å²) in [6, 6.07) is 5.39. The van der Waals surface area contributed by atoms with Crippen molar-refractivity contribution in [3.63, 3.8) is 0 Å². The maximum absolute atomic E-state index is 12.2. The van der Waals surface area contributed by atoms with E-state index in [1.54, 1.807) is 12.1 Å². The summed E-state index contributed by atoms with van der Waals surface area (Å²) in [7, 11) is -2.05. The smallest absolute Gasteiger partial charge is 0.267 e. The first kappa shape index (κ1) is 13.1. The van der Waals surface area contributed by atoms with Crippen molar-refractivity contribution >= 4 is 31.6 Å². The molecule has 96 valence electrons. The van der Waals surface area contributed by atoms with E-state index in [2.05, 4.69) is 26.1 Å². The van der Waals surface area contributed by atoms with Gasteiger partial charge in [-0.05, 0) is 24.6 Å². The fourth-order valence-electron chi connectivity index (χ4n) is 1.45. The van der Waals surface area contributed by atoms with Crippen LogP contribution in [0.15, 0.2) is 40.0 Å². The van der Waals surface area contributed by atoms with Gasteiger partial charge in [0.2, 0.25) is 0 Å². The molecule has 2 rings (SSSR count). The minimum atomic E-state index is -3.56. The van der Waals surface area contributed by atoms with Crippen LogP contribution in [0.2, 0.25) is 0 Å². The predicted octanol–water partition coefficient (Wildman–Crippen LogP) is 2.31. The Morgan fingerprint density at radius 2 is 2.11 bits per heavy atom. The van der Waals surface area contributed by atoms with Crippen molar-refractivity contribution in [2.75, 3.05) is 11.4 Å². The number of benzene rings is 1. The molecule has 1 aromatic heterocycles. The average Bonchev–Trinajstić information content (AvgIpc) is 2.86. The number of aryl methyl sites for hydroxylation is 1. The topological polar surface area (TPSA) is 66.1 Å². The molecule has 0 atom stereocenters. The number of aromatic nitrogens is 2. The van der Waals surface area contributed by atoms with Crippen molar-refractivity contribution < 1.29 is 8.42 Å². The van der Waals surface area contributed by atoms with Crippen LogP contribution in [0.4, 0.5) is 5.69 Å². The van der Waals surface area contributed by atoms with Gasteiger partial charge in [0, 0.05) is 17.7 Å². The van der Waals surface area contributed by atoms with Gasteiger partial charge in [0.05, 0.1) is 11.9 Å². The molecule has 7 heteroatoms. The molecule has 0 spiro atoms. The highest BCUT2D eigenvalue weighted by Crippen LogP contribution is 2.26. The van der Waals surface area contributed by atoms with E-state index >= 15 is 0 Å². The second-order valence-electron chi connectivity index (χ2n) is 3.84. The van der Waals surface area contributed by atoms with Gasteiger partial charge in [-0.3, -0.25) is 9.40 Å². The second kappa shape index (κ2) is 4.74. The van der Waals surface area contributed by atoms with Crippen LogP contribution >= 0.6 is 15.9 Å². The van der Waals surface area contributed by atoms with Crippen molar-refractivity contribution in [2.24, 2.45) is 0 Å². The molecule has 0 amide bonds. The van der Waals surface area contributed by atoms with Crippen LogP contribution < -0.4 is 4.31 Å². The third kappa shape index (κ3) is 2.28. The van der Waals surface area contributed by atoms with Gasteiger partial charge >= 0.3 is 0 Å². The summed E-state index contributed by atoms with van der Waals surface area (Å²) in [6.07, 6.45) is 2.64. The van der Waals surface area contributed by atoms with Gasteiger partial charge in [0.25, 0.3) is 10.0 Å². The first-order valence-corrected chi connectivity index (χ1v) is 7.40. The minimum Gasteiger partial charge on any atom is -0.284 e. The normalized spacial score (nSPS) is 11.5. The van der Waals surface area contributed by atoms with Crippen molar-refractivity contribution in [1.82, 2.24) is 10.2 Å². The van der Waals surface area contributed by atoms with Gasteiger partial charge in [-0.1, -0.05) is 22.0 Å². The quantitative estimate of drug-likeness (QED) is 0.939. The summed E-state index contributed by atoms with van der Waals surface area (Å²) in [4.78, 5) is 0.140. The van der Waals surface area contributed by atoms with E-state index < -0.39 is 10.0 Å². The number of hydrogen-bond donors (Lipinski definition) is 1. The fraction of sp³-hybridized carbons (Fsp3) is 0.182. The molecule has 0 unspecified atom stereocenters. The van der Waals surface area contributed by atoms with Crippen LogP contribution in [0.25, 0.3) is 0 Å². The molecule has 0 fully saturated rings. The van der Waals surface area contributed by atoms with Gasteiger partial charge in [-0.2, -0.15) is 5.10 Å². The molecule has 0 aliphatic carbocycles. The monoisotopic (exact) mass is 329 g/mol. The van der Waals surface area contributed by atoms with E-state index in [0.29, 0.717) is 5.69 Å². The number of H-pyrrole nitrogens is 1. The molecule has 0 radical (unpaired) electrons. The lowest BCUT2D eigenvalue weighted by Gasteiger charge is -2.19. The summed E-state index contributed by atoms with van der Waals surface area (Å²) in [5.74, 6) is 0. The number of nitrogens with zero attached hydrogens (tertiary/aromatic N) is 2. The Morgan fingerprint density at radius 1 is 1.39 bits per heavy atom. The molecule has 1 N–H and O–H groups in total. The largest absolute Gasteiger partial charge is 0.284 e. The molecule has 1 aromatic carbocycles. The Labute approximate surface area is 114 Å². The van der Waals surface area contributed by atoms with Crippen LogP contribution in [-0.2, 0) is 10.0 Å². The van der Waals surface area contributed by atoms with Gasteiger partial charge in [0.15, 0.2) is 0 Å². The van der Waals surface area contributed by atoms with Crippen molar-refractivity contribution in [3.05, 3.63) is 40.6 Å². The zero-order chi connectivity index (χ0) is 13.3. The molecule has 1 heterocycles. The molecule has 0 saturated carbocycles. The van der Waals surface area contributed by atoms with Crippen LogP contribution in [0.1, 0.15) is 5.56 Å². The lowest BCUT2D eigenvalue weighted by molar-refractivity contribution is 0.594. The Bertz CT molecular complexity index is 653. The Kier molecular flexibility index (Phi) is 3.45. The molecule has 0 aliphatic rings. The highest BCUT2D eigenvalue weighted by Gasteiger charge is 2.22. The zero-order valence-electron chi connectivity index (χ0n) is 9.88. The van der Waals surface area contributed by atoms with E-state index in [1.807, 2.05) is 13.0 Å². The number of sulfonamides is 1. The standard InChI is InChI=1S/C11H12BrN3O2S/c1-8-3-4-9(5-11(8)12)15(2)18(16,17)10-6-13-14-7-10/h3-7H,1-2H3,(H,13,14). The average molecular weight is 330 g/mol. The number of hydrogen-bond acceptors (Lipinski definition) is 3. The Hall–Kier alpha value is -1.34. The summed E-state index contributed by atoms with van der Waals surface area (Å²) in [6.45, 7) is 1.94. The number of aromatic amines is 1. The van der Waals surface area contributed by atoms with Gasteiger partial charge < -0.3 is 0 Å². The van der Waals surface area contributed by atoms with E-state index in [-0.39, 0.29) is 4.90 Å². The van der Waals surface area contributed by atoms with E-state index in [0.717, 1.165) is 10.0 Å². The highest BCUT2D eigenvalue weighted by atomic mass is 79.9. The zero-order valence-corrected chi connectivity index (χ0v) is 12.3. The molecule has 0 aliphatic heterocycles. The number of halogens is 1. The predicted molar refractivity (Wildman–Crippen MR) is 73.1 cm³/mol. The third-order valence-corrected chi connectivity index (χ3v) is 5.26.